The first-order valence-electron chi connectivity index (χ1n) is 11.3. The topological polar surface area (TPSA) is 93.9 Å². The molecule has 1 aliphatic heterocycles. The van der Waals surface area contributed by atoms with Gasteiger partial charge in [0.1, 0.15) is 17.3 Å². The fourth-order valence-electron chi connectivity index (χ4n) is 4.25. The Balaban J connectivity index is 1.77. The summed E-state index contributed by atoms with van der Waals surface area (Å²) >= 11 is 6.32. The van der Waals surface area contributed by atoms with Gasteiger partial charge >= 0.3 is 0 Å². The van der Waals surface area contributed by atoms with Gasteiger partial charge in [0.2, 0.25) is 0 Å². The number of aromatic nitrogens is 2. The number of benzene rings is 2. The van der Waals surface area contributed by atoms with Gasteiger partial charge in [-0.2, -0.15) is 0 Å². The second-order valence-electron chi connectivity index (χ2n) is 7.97. The van der Waals surface area contributed by atoms with Crippen LogP contribution in [-0.2, 0) is 16.1 Å². The van der Waals surface area contributed by atoms with Crippen LogP contribution in [0.25, 0.3) is 5.76 Å². The maximum atomic E-state index is 13.2. The molecule has 1 saturated heterocycles. The number of imidazole rings is 1. The van der Waals surface area contributed by atoms with Crippen molar-refractivity contribution in [2.45, 2.75) is 25.9 Å². The molecule has 1 N–H and O–H groups in total. The molecule has 0 spiro atoms. The smallest absolute Gasteiger partial charge is 0.295 e. The second kappa shape index (κ2) is 10.7. The molecule has 1 aromatic heterocycles. The molecule has 3 aromatic rings. The summed E-state index contributed by atoms with van der Waals surface area (Å²) in [7, 11) is 1.52. The van der Waals surface area contributed by atoms with Crippen LogP contribution in [0.15, 0.2) is 66.8 Å². The van der Waals surface area contributed by atoms with E-state index < -0.39 is 17.7 Å². The lowest BCUT2D eigenvalue weighted by Gasteiger charge is -2.26. The van der Waals surface area contributed by atoms with E-state index in [2.05, 4.69) is 4.98 Å². The minimum atomic E-state index is -0.820. The van der Waals surface area contributed by atoms with Gasteiger partial charge in [0.05, 0.1) is 36.7 Å². The van der Waals surface area contributed by atoms with E-state index in [4.69, 9.17) is 21.1 Å². The van der Waals surface area contributed by atoms with Crippen molar-refractivity contribution < 1.29 is 24.2 Å². The normalized spacial score (nSPS) is 17.1. The molecule has 8 nitrogen and oxygen atoms in total. The van der Waals surface area contributed by atoms with Crippen LogP contribution in [-0.4, -0.2) is 51.5 Å². The van der Waals surface area contributed by atoms with Crippen LogP contribution in [0, 0.1) is 0 Å². The summed E-state index contributed by atoms with van der Waals surface area (Å²) in [5.74, 6) is -0.765. The zero-order valence-corrected chi connectivity index (χ0v) is 20.2. The number of carbonyl (C=O) groups is 2. The lowest BCUT2D eigenvalue weighted by atomic mass is 9.94. The number of aliphatic hydroxyl groups excluding tert-OH is 1. The minimum Gasteiger partial charge on any atom is -0.507 e. The van der Waals surface area contributed by atoms with E-state index in [-0.39, 0.29) is 11.3 Å². The van der Waals surface area contributed by atoms with Crippen LogP contribution in [0.1, 0.15) is 30.5 Å². The molecule has 2 heterocycles. The van der Waals surface area contributed by atoms with E-state index in [1.807, 2.05) is 17.7 Å². The number of ether oxygens (including phenoxy) is 2. The molecule has 1 amide bonds. The third kappa shape index (κ3) is 4.88. The number of ketones is 1. The van der Waals surface area contributed by atoms with Crippen LogP contribution >= 0.6 is 11.6 Å². The van der Waals surface area contributed by atoms with Gasteiger partial charge in [0.25, 0.3) is 11.7 Å². The Labute approximate surface area is 208 Å². The molecule has 1 fully saturated rings. The summed E-state index contributed by atoms with van der Waals surface area (Å²) in [6.07, 6.45) is 5.80. The summed E-state index contributed by atoms with van der Waals surface area (Å²) in [6.45, 7) is 3.19. The summed E-state index contributed by atoms with van der Waals surface area (Å²) < 4.78 is 12.9. The Bertz CT molecular complexity index is 1260. The molecular weight excluding hydrogens is 470 g/mol. The largest absolute Gasteiger partial charge is 0.507 e. The summed E-state index contributed by atoms with van der Waals surface area (Å²) in [4.78, 5) is 31.9. The zero-order valence-electron chi connectivity index (χ0n) is 19.5. The van der Waals surface area contributed by atoms with Crippen LogP contribution in [0.3, 0.4) is 0 Å². The number of halogens is 1. The molecular formula is C26H26ClN3O5. The Morgan fingerprint density at radius 1 is 1.14 bits per heavy atom. The van der Waals surface area contributed by atoms with Gasteiger partial charge in [-0.1, -0.05) is 29.8 Å². The van der Waals surface area contributed by atoms with Crippen molar-refractivity contribution in [3.05, 3.63) is 82.9 Å². The molecule has 1 aliphatic rings. The van der Waals surface area contributed by atoms with Crippen LogP contribution < -0.4 is 9.47 Å². The van der Waals surface area contributed by atoms with Crippen molar-refractivity contribution >= 4 is 29.1 Å². The molecule has 0 saturated carbocycles. The van der Waals surface area contributed by atoms with E-state index in [0.29, 0.717) is 53.8 Å². The molecule has 9 heteroatoms. The Morgan fingerprint density at radius 3 is 2.63 bits per heavy atom. The first-order valence-corrected chi connectivity index (χ1v) is 11.6. The summed E-state index contributed by atoms with van der Waals surface area (Å²) in [5.41, 5.74) is 0.910. The van der Waals surface area contributed by atoms with Crippen LogP contribution in [0.2, 0.25) is 5.02 Å². The van der Waals surface area contributed by atoms with E-state index in [9.17, 15) is 14.7 Å². The van der Waals surface area contributed by atoms with Gasteiger partial charge in [0.15, 0.2) is 0 Å². The summed E-state index contributed by atoms with van der Waals surface area (Å²) in [6, 6.07) is 11.1. The fourth-order valence-corrected chi connectivity index (χ4v) is 4.48. The number of amides is 1. The monoisotopic (exact) mass is 495 g/mol. The molecule has 182 valence electrons. The van der Waals surface area contributed by atoms with Gasteiger partial charge < -0.3 is 24.0 Å². The molecule has 35 heavy (non-hydrogen) atoms. The molecule has 0 aliphatic carbocycles. The number of aliphatic hydroxyl groups is 1. The van der Waals surface area contributed by atoms with E-state index in [1.54, 1.807) is 48.9 Å². The van der Waals surface area contributed by atoms with Crippen molar-refractivity contribution in [3.8, 4) is 11.5 Å². The van der Waals surface area contributed by atoms with E-state index in [0.717, 1.165) is 0 Å². The Morgan fingerprint density at radius 2 is 1.94 bits per heavy atom. The number of likely N-dealkylation sites (tertiary alicyclic amines) is 1. The molecule has 2 aromatic carbocycles. The molecule has 4 rings (SSSR count). The minimum absolute atomic E-state index is 0.0117. The number of aryl methyl sites for hydroxylation is 1. The van der Waals surface area contributed by atoms with E-state index in [1.165, 1.54) is 18.1 Å². The van der Waals surface area contributed by atoms with Gasteiger partial charge in [0, 0.05) is 36.6 Å². The lowest BCUT2D eigenvalue weighted by Crippen LogP contribution is -2.31. The highest BCUT2D eigenvalue weighted by molar-refractivity contribution is 6.46. The van der Waals surface area contributed by atoms with Crippen molar-refractivity contribution in [2.75, 3.05) is 20.3 Å². The predicted molar refractivity (Wildman–Crippen MR) is 131 cm³/mol. The number of Topliss-reactive ketones (excluding diaryl/α,β-unsaturated/α-hetero) is 1. The van der Waals surface area contributed by atoms with E-state index >= 15 is 0 Å². The number of para-hydroxylation sites is 1. The van der Waals surface area contributed by atoms with Crippen LogP contribution in [0.4, 0.5) is 0 Å². The number of nitrogens with zero attached hydrogens (tertiary/aromatic N) is 3. The van der Waals surface area contributed by atoms with Crippen molar-refractivity contribution in [1.29, 1.82) is 0 Å². The maximum Gasteiger partial charge on any atom is 0.295 e. The van der Waals surface area contributed by atoms with Gasteiger partial charge in [-0.15, -0.1) is 0 Å². The zero-order chi connectivity index (χ0) is 24.9. The third-order valence-corrected chi connectivity index (χ3v) is 6.15. The number of rotatable bonds is 9. The average Bonchev–Trinajstić information content (AvgIpc) is 3.47. The molecule has 1 atom stereocenters. The number of hydrogen-bond donors (Lipinski definition) is 1. The van der Waals surface area contributed by atoms with Crippen molar-refractivity contribution in [2.24, 2.45) is 0 Å². The first-order chi connectivity index (χ1) is 17.0. The Hall–Kier alpha value is -3.78. The highest BCUT2D eigenvalue weighted by atomic mass is 35.5. The average molecular weight is 496 g/mol. The Kier molecular flexibility index (Phi) is 7.41. The van der Waals surface area contributed by atoms with Crippen molar-refractivity contribution in [3.63, 3.8) is 0 Å². The second-order valence-corrected chi connectivity index (χ2v) is 8.37. The number of hydrogen-bond acceptors (Lipinski definition) is 6. The fraction of sp³-hybridized carbons (Fsp3) is 0.269. The quantitative estimate of drug-likeness (QED) is 0.268. The SMILES string of the molecule is CCOc1ccc(C(O)=C2C(=O)C(=O)N(CCCn3ccnc3)C2c2ccccc2OC)cc1Cl. The predicted octanol–water partition coefficient (Wildman–Crippen LogP) is 4.46. The van der Waals surface area contributed by atoms with Gasteiger partial charge in [-0.3, -0.25) is 9.59 Å². The number of methoxy groups -OCH3 is 1. The molecule has 0 bridgehead atoms. The summed E-state index contributed by atoms with van der Waals surface area (Å²) in [5, 5.41) is 11.6. The molecule has 1 unspecified atom stereocenters. The highest BCUT2D eigenvalue weighted by Gasteiger charge is 2.46. The highest BCUT2D eigenvalue weighted by Crippen LogP contribution is 2.43. The standard InChI is InChI=1S/C26H26ClN3O5/c1-3-35-21-10-9-17(15-19(21)27)24(31)22-23(18-7-4-5-8-20(18)34-2)30(26(33)25(22)32)13-6-12-29-14-11-28-16-29/h4-5,7-11,14-16,23,31H,3,6,12-13H2,1-2H3. The third-order valence-electron chi connectivity index (χ3n) is 5.85. The van der Waals surface area contributed by atoms with Gasteiger partial charge in [-0.25, -0.2) is 4.98 Å². The number of carbonyl (C=O) groups excluding carboxylic acids is 2. The van der Waals surface area contributed by atoms with Crippen molar-refractivity contribution in [1.82, 2.24) is 14.5 Å². The molecule has 0 radical (unpaired) electrons. The maximum absolute atomic E-state index is 13.2. The van der Waals surface area contributed by atoms with Crippen LogP contribution in [0.5, 0.6) is 11.5 Å². The van der Waals surface area contributed by atoms with Gasteiger partial charge in [-0.05, 0) is 37.6 Å². The lowest BCUT2D eigenvalue weighted by molar-refractivity contribution is -0.140. The first kappa shape index (κ1) is 24.3.